The zero-order chi connectivity index (χ0) is 14.0. The predicted octanol–water partition coefficient (Wildman–Crippen LogP) is 3.85. The molecule has 8 heteroatoms. The molecule has 0 spiro atoms. The Morgan fingerprint density at radius 1 is 1.47 bits per heavy atom. The highest BCUT2D eigenvalue weighted by Gasteiger charge is 2.17. The number of halogens is 2. The third-order valence-electron chi connectivity index (χ3n) is 2.39. The molecule has 0 bridgehead atoms. The largest absolute Gasteiger partial charge is 0.334 e. The lowest BCUT2D eigenvalue weighted by atomic mass is 10.2. The molecule has 0 amide bonds. The van der Waals surface area contributed by atoms with E-state index in [0.29, 0.717) is 5.69 Å². The number of nitro groups is 1. The molecule has 0 saturated heterocycles. The molecular formula is C11H8BrClN4O2. The maximum atomic E-state index is 10.9. The van der Waals surface area contributed by atoms with E-state index in [1.165, 1.54) is 0 Å². The summed E-state index contributed by atoms with van der Waals surface area (Å²) in [6, 6.07) is 5.55. The van der Waals surface area contributed by atoms with Crippen LogP contribution >= 0.6 is 27.5 Å². The molecule has 0 unspecified atom stereocenters. The van der Waals surface area contributed by atoms with E-state index in [2.05, 4.69) is 31.2 Å². The summed E-state index contributed by atoms with van der Waals surface area (Å²) in [5.41, 5.74) is 1.39. The number of aromatic nitrogens is 2. The van der Waals surface area contributed by atoms with Crippen molar-refractivity contribution in [2.45, 2.75) is 6.92 Å². The molecule has 0 aliphatic carbocycles. The second-order valence-electron chi connectivity index (χ2n) is 3.71. The fourth-order valence-electron chi connectivity index (χ4n) is 1.44. The third-order valence-corrected chi connectivity index (χ3v) is 3.06. The smallest absolute Gasteiger partial charge is 0.329 e. The van der Waals surface area contributed by atoms with Gasteiger partial charge in [-0.3, -0.25) is 10.1 Å². The Hall–Kier alpha value is -1.73. The maximum absolute atomic E-state index is 10.9. The van der Waals surface area contributed by atoms with Crippen LogP contribution in [0.2, 0.25) is 5.28 Å². The van der Waals surface area contributed by atoms with Gasteiger partial charge in [-0.15, -0.1) is 0 Å². The number of hydrogen-bond donors (Lipinski definition) is 1. The Kier molecular flexibility index (Phi) is 3.96. The van der Waals surface area contributed by atoms with Crippen LogP contribution in [-0.2, 0) is 0 Å². The van der Waals surface area contributed by atoms with Crippen LogP contribution in [0.1, 0.15) is 5.56 Å². The Morgan fingerprint density at radius 3 is 2.89 bits per heavy atom. The molecule has 98 valence electrons. The molecule has 1 N–H and O–H groups in total. The van der Waals surface area contributed by atoms with E-state index in [-0.39, 0.29) is 16.8 Å². The monoisotopic (exact) mass is 342 g/mol. The van der Waals surface area contributed by atoms with Crippen molar-refractivity contribution in [3.8, 4) is 0 Å². The summed E-state index contributed by atoms with van der Waals surface area (Å²) in [5, 5.41) is 13.8. The van der Waals surface area contributed by atoms with Gasteiger partial charge in [0, 0.05) is 10.2 Å². The molecule has 0 radical (unpaired) electrons. The topological polar surface area (TPSA) is 81.0 Å². The molecule has 0 aliphatic heterocycles. The van der Waals surface area contributed by atoms with E-state index >= 15 is 0 Å². The summed E-state index contributed by atoms with van der Waals surface area (Å²) in [6.07, 6.45) is 1.07. The molecule has 1 heterocycles. The van der Waals surface area contributed by atoms with Crippen LogP contribution in [0.25, 0.3) is 0 Å². The minimum Gasteiger partial charge on any atom is -0.334 e. The quantitative estimate of drug-likeness (QED) is 0.520. The Labute approximate surface area is 122 Å². The number of hydrogen-bond acceptors (Lipinski definition) is 5. The molecule has 2 rings (SSSR count). The summed E-state index contributed by atoms with van der Waals surface area (Å²) < 4.78 is 0.850. The molecule has 0 fully saturated rings. The fraction of sp³-hybridized carbons (Fsp3) is 0.0909. The highest BCUT2D eigenvalue weighted by molar-refractivity contribution is 9.10. The van der Waals surface area contributed by atoms with Crippen molar-refractivity contribution in [2.75, 3.05) is 5.32 Å². The number of rotatable bonds is 3. The number of benzene rings is 1. The second-order valence-corrected chi connectivity index (χ2v) is 4.97. The van der Waals surface area contributed by atoms with Crippen molar-refractivity contribution in [3.05, 3.63) is 49.8 Å². The number of anilines is 2. The van der Waals surface area contributed by atoms with Gasteiger partial charge in [0.05, 0.1) is 4.92 Å². The van der Waals surface area contributed by atoms with Crippen LogP contribution in [0.3, 0.4) is 0 Å². The Bertz CT molecular complexity index is 651. The lowest BCUT2D eigenvalue weighted by Crippen LogP contribution is -2.02. The SMILES string of the molecule is Cc1ccc(Br)cc1Nc1nc(Cl)ncc1[N+](=O)[O-]. The predicted molar refractivity (Wildman–Crippen MR) is 75.9 cm³/mol. The molecular weight excluding hydrogens is 336 g/mol. The van der Waals surface area contributed by atoms with E-state index in [1.807, 2.05) is 19.1 Å². The minimum absolute atomic E-state index is 0.0549. The van der Waals surface area contributed by atoms with Gasteiger partial charge in [0.15, 0.2) is 0 Å². The van der Waals surface area contributed by atoms with Crippen molar-refractivity contribution in [3.63, 3.8) is 0 Å². The van der Waals surface area contributed by atoms with Crippen LogP contribution < -0.4 is 5.32 Å². The lowest BCUT2D eigenvalue weighted by Gasteiger charge is -2.09. The standard InChI is InChI=1S/C11H8BrClN4O2/c1-6-2-3-7(12)4-8(6)15-10-9(17(18)19)5-14-11(13)16-10/h2-5H,1H3,(H,14,15,16). The fourth-order valence-corrected chi connectivity index (χ4v) is 1.93. The van der Waals surface area contributed by atoms with Gasteiger partial charge in [-0.2, -0.15) is 4.98 Å². The van der Waals surface area contributed by atoms with Gasteiger partial charge in [-0.25, -0.2) is 4.98 Å². The van der Waals surface area contributed by atoms with Crippen molar-refractivity contribution in [1.29, 1.82) is 0 Å². The van der Waals surface area contributed by atoms with Gasteiger partial charge in [0.25, 0.3) is 0 Å². The third kappa shape index (κ3) is 3.18. The van der Waals surface area contributed by atoms with E-state index in [4.69, 9.17) is 11.6 Å². The highest BCUT2D eigenvalue weighted by Crippen LogP contribution is 2.28. The molecule has 0 saturated carbocycles. The van der Waals surface area contributed by atoms with E-state index in [0.717, 1.165) is 16.2 Å². The van der Waals surface area contributed by atoms with Crippen molar-refractivity contribution >= 4 is 44.7 Å². The normalized spacial score (nSPS) is 10.3. The minimum atomic E-state index is -0.564. The molecule has 2 aromatic rings. The van der Waals surface area contributed by atoms with Crippen molar-refractivity contribution in [2.24, 2.45) is 0 Å². The average molecular weight is 344 g/mol. The molecule has 1 aromatic carbocycles. The first-order valence-electron chi connectivity index (χ1n) is 5.17. The molecule has 1 aromatic heterocycles. The first kappa shape index (κ1) is 13.7. The van der Waals surface area contributed by atoms with Gasteiger partial charge in [0.1, 0.15) is 6.20 Å². The van der Waals surface area contributed by atoms with Gasteiger partial charge in [-0.05, 0) is 36.2 Å². The Morgan fingerprint density at radius 2 is 2.21 bits per heavy atom. The van der Waals surface area contributed by atoms with Crippen LogP contribution in [0.4, 0.5) is 17.2 Å². The second kappa shape index (κ2) is 5.50. The maximum Gasteiger partial charge on any atom is 0.329 e. The average Bonchev–Trinajstić information content (AvgIpc) is 2.33. The van der Waals surface area contributed by atoms with E-state index < -0.39 is 4.92 Å². The molecule has 0 atom stereocenters. The lowest BCUT2D eigenvalue weighted by molar-refractivity contribution is -0.384. The van der Waals surface area contributed by atoms with Crippen LogP contribution in [-0.4, -0.2) is 14.9 Å². The van der Waals surface area contributed by atoms with Gasteiger partial charge < -0.3 is 5.32 Å². The van der Waals surface area contributed by atoms with E-state index in [9.17, 15) is 10.1 Å². The van der Waals surface area contributed by atoms with Crippen LogP contribution in [0.5, 0.6) is 0 Å². The Balaban J connectivity index is 2.45. The summed E-state index contributed by atoms with van der Waals surface area (Å²) in [6.45, 7) is 1.88. The van der Waals surface area contributed by atoms with Crippen LogP contribution in [0.15, 0.2) is 28.9 Å². The van der Waals surface area contributed by atoms with Gasteiger partial charge in [-0.1, -0.05) is 22.0 Å². The number of nitrogens with one attached hydrogen (secondary N) is 1. The number of nitrogens with zero attached hydrogens (tertiary/aromatic N) is 3. The zero-order valence-corrected chi connectivity index (χ0v) is 12.1. The van der Waals surface area contributed by atoms with Crippen molar-refractivity contribution < 1.29 is 4.92 Å². The van der Waals surface area contributed by atoms with Crippen molar-refractivity contribution in [1.82, 2.24) is 9.97 Å². The zero-order valence-electron chi connectivity index (χ0n) is 9.72. The first-order valence-corrected chi connectivity index (χ1v) is 6.34. The van der Waals surface area contributed by atoms with Crippen LogP contribution in [0, 0.1) is 17.0 Å². The molecule has 6 nitrogen and oxygen atoms in total. The van der Waals surface area contributed by atoms with Gasteiger partial charge in [0.2, 0.25) is 11.1 Å². The summed E-state index contributed by atoms with van der Waals surface area (Å²) in [5.74, 6) is 0.0613. The number of aryl methyl sites for hydroxylation is 1. The molecule has 0 aliphatic rings. The summed E-state index contributed by atoms with van der Waals surface area (Å²) >= 11 is 9.00. The van der Waals surface area contributed by atoms with E-state index in [1.54, 1.807) is 6.07 Å². The summed E-state index contributed by atoms with van der Waals surface area (Å²) in [7, 11) is 0. The summed E-state index contributed by atoms with van der Waals surface area (Å²) in [4.78, 5) is 17.8. The highest BCUT2D eigenvalue weighted by atomic mass is 79.9. The van der Waals surface area contributed by atoms with Gasteiger partial charge >= 0.3 is 5.69 Å². The molecule has 19 heavy (non-hydrogen) atoms. The first-order chi connectivity index (χ1) is 8.97.